The number of rotatable bonds is 3. The fourth-order valence-electron chi connectivity index (χ4n) is 2.04. The van der Waals surface area contributed by atoms with E-state index in [-0.39, 0.29) is 11.3 Å². The maximum Gasteiger partial charge on any atom is 0.307 e. The van der Waals surface area contributed by atoms with Crippen LogP contribution in [0.4, 0.5) is 0 Å². The second-order valence-corrected chi connectivity index (χ2v) is 4.76. The quantitative estimate of drug-likeness (QED) is 0.681. The molecule has 0 aromatic heterocycles. The highest BCUT2D eigenvalue weighted by molar-refractivity contribution is 5.75. The van der Waals surface area contributed by atoms with Crippen molar-refractivity contribution in [1.82, 2.24) is 0 Å². The molecule has 0 aliphatic heterocycles. The number of carboxylic acids is 1. The van der Waals surface area contributed by atoms with Gasteiger partial charge < -0.3 is 5.11 Å². The van der Waals surface area contributed by atoms with Gasteiger partial charge in [-0.15, -0.1) is 0 Å². The molecule has 2 unspecified atom stereocenters. The zero-order valence-corrected chi connectivity index (χ0v) is 8.79. The summed E-state index contributed by atoms with van der Waals surface area (Å²) in [5.41, 5.74) is 1.27. The third-order valence-electron chi connectivity index (χ3n) is 3.10. The Morgan fingerprint density at radius 1 is 1.46 bits per heavy atom. The van der Waals surface area contributed by atoms with Crippen LogP contribution in [0.3, 0.4) is 0 Å². The molecule has 1 saturated carbocycles. The molecular weight excluding hydrogens is 164 g/mol. The van der Waals surface area contributed by atoms with E-state index in [2.05, 4.69) is 6.08 Å². The molecule has 13 heavy (non-hydrogen) atoms. The van der Waals surface area contributed by atoms with Crippen molar-refractivity contribution >= 4 is 5.97 Å². The van der Waals surface area contributed by atoms with Crippen LogP contribution < -0.4 is 0 Å². The summed E-state index contributed by atoms with van der Waals surface area (Å²) in [6.45, 7) is 8.17. The average molecular weight is 182 g/mol. The molecule has 0 spiro atoms. The standard InChI is InChI=1S/C11H18O2/c1-7(2)5-6-8-9(10(12)13)11(8,3)4/h5,8-9H,6H2,1-4H3,(H,12,13). The van der Waals surface area contributed by atoms with Crippen LogP contribution in [0.1, 0.15) is 34.1 Å². The Hall–Kier alpha value is -0.790. The molecule has 0 saturated heterocycles. The van der Waals surface area contributed by atoms with Crippen LogP contribution in [0.5, 0.6) is 0 Å². The average Bonchev–Trinajstić information content (AvgIpc) is 2.48. The van der Waals surface area contributed by atoms with Crippen molar-refractivity contribution in [2.75, 3.05) is 0 Å². The van der Waals surface area contributed by atoms with Crippen LogP contribution in [0.2, 0.25) is 0 Å². The van der Waals surface area contributed by atoms with Crippen LogP contribution >= 0.6 is 0 Å². The molecule has 0 aromatic carbocycles. The van der Waals surface area contributed by atoms with E-state index in [1.807, 2.05) is 27.7 Å². The van der Waals surface area contributed by atoms with Gasteiger partial charge >= 0.3 is 5.97 Å². The fraction of sp³-hybridized carbons (Fsp3) is 0.727. The van der Waals surface area contributed by atoms with Gasteiger partial charge in [-0.3, -0.25) is 4.79 Å². The molecule has 1 aliphatic carbocycles. The summed E-state index contributed by atoms with van der Waals surface area (Å²) < 4.78 is 0. The SMILES string of the molecule is CC(C)=CCC1C(C(=O)O)C1(C)C. The van der Waals surface area contributed by atoms with E-state index in [4.69, 9.17) is 5.11 Å². The van der Waals surface area contributed by atoms with Gasteiger partial charge in [0, 0.05) is 0 Å². The van der Waals surface area contributed by atoms with Gasteiger partial charge in [-0.25, -0.2) is 0 Å². The van der Waals surface area contributed by atoms with Crippen LogP contribution in [0, 0.1) is 17.3 Å². The summed E-state index contributed by atoms with van der Waals surface area (Å²) in [6.07, 6.45) is 3.04. The zero-order valence-electron chi connectivity index (χ0n) is 8.79. The summed E-state index contributed by atoms with van der Waals surface area (Å²) in [5.74, 6) is -0.444. The summed E-state index contributed by atoms with van der Waals surface area (Å²) in [5, 5.41) is 8.90. The van der Waals surface area contributed by atoms with Crippen molar-refractivity contribution < 1.29 is 9.90 Å². The molecule has 2 atom stereocenters. The summed E-state index contributed by atoms with van der Waals surface area (Å²) >= 11 is 0. The van der Waals surface area contributed by atoms with Crippen LogP contribution in [-0.2, 0) is 4.79 Å². The first-order valence-corrected chi connectivity index (χ1v) is 4.73. The summed E-state index contributed by atoms with van der Waals surface area (Å²) in [6, 6.07) is 0. The van der Waals surface area contributed by atoms with E-state index in [1.54, 1.807) is 0 Å². The lowest BCUT2D eigenvalue weighted by molar-refractivity contribution is -0.139. The number of allylic oxidation sites excluding steroid dienone is 2. The molecule has 1 rings (SSSR count). The van der Waals surface area contributed by atoms with Gasteiger partial charge in [0.25, 0.3) is 0 Å². The Labute approximate surface area is 79.6 Å². The number of carbonyl (C=O) groups is 1. The minimum atomic E-state index is -0.642. The van der Waals surface area contributed by atoms with Crippen LogP contribution in [0.15, 0.2) is 11.6 Å². The molecule has 0 radical (unpaired) electrons. The van der Waals surface area contributed by atoms with Gasteiger partial charge in [0.2, 0.25) is 0 Å². The molecule has 1 aliphatic rings. The molecule has 2 nitrogen and oxygen atoms in total. The number of hydrogen-bond donors (Lipinski definition) is 1. The first kappa shape index (κ1) is 10.3. The largest absolute Gasteiger partial charge is 0.481 e. The van der Waals surface area contributed by atoms with Crippen molar-refractivity contribution in [2.24, 2.45) is 17.3 Å². The molecule has 0 aromatic rings. The van der Waals surface area contributed by atoms with Crippen molar-refractivity contribution in [2.45, 2.75) is 34.1 Å². The lowest BCUT2D eigenvalue weighted by Crippen LogP contribution is -2.03. The number of aliphatic carboxylic acids is 1. The highest BCUT2D eigenvalue weighted by Crippen LogP contribution is 2.60. The third kappa shape index (κ3) is 1.93. The van der Waals surface area contributed by atoms with E-state index < -0.39 is 5.97 Å². The van der Waals surface area contributed by atoms with E-state index in [0.29, 0.717) is 5.92 Å². The van der Waals surface area contributed by atoms with E-state index in [9.17, 15) is 4.79 Å². The van der Waals surface area contributed by atoms with Gasteiger partial charge in [-0.1, -0.05) is 25.5 Å². The molecular formula is C11H18O2. The monoisotopic (exact) mass is 182 g/mol. The summed E-state index contributed by atoms with van der Waals surface area (Å²) in [4.78, 5) is 10.8. The van der Waals surface area contributed by atoms with Gasteiger partial charge in [0.15, 0.2) is 0 Å². The Morgan fingerprint density at radius 3 is 2.31 bits per heavy atom. The number of carboxylic acid groups (broad SMARTS) is 1. The zero-order chi connectivity index (χ0) is 10.2. The molecule has 0 heterocycles. The lowest BCUT2D eigenvalue weighted by Gasteiger charge is -1.98. The van der Waals surface area contributed by atoms with Gasteiger partial charge in [-0.2, -0.15) is 0 Å². The number of hydrogen-bond acceptors (Lipinski definition) is 1. The van der Waals surface area contributed by atoms with Crippen molar-refractivity contribution in [1.29, 1.82) is 0 Å². The van der Waals surface area contributed by atoms with E-state index >= 15 is 0 Å². The molecule has 2 heteroatoms. The smallest absolute Gasteiger partial charge is 0.307 e. The van der Waals surface area contributed by atoms with Gasteiger partial charge in [-0.05, 0) is 31.6 Å². The fourth-order valence-corrected chi connectivity index (χ4v) is 2.04. The highest BCUT2D eigenvalue weighted by atomic mass is 16.4. The normalized spacial score (nSPS) is 29.5. The van der Waals surface area contributed by atoms with Crippen molar-refractivity contribution in [3.05, 3.63) is 11.6 Å². The predicted molar refractivity (Wildman–Crippen MR) is 52.4 cm³/mol. The minimum Gasteiger partial charge on any atom is -0.481 e. The topological polar surface area (TPSA) is 37.3 Å². The van der Waals surface area contributed by atoms with Crippen molar-refractivity contribution in [3.63, 3.8) is 0 Å². The predicted octanol–water partition coefficient (Wildman–Crippen LogP) is 2.70. The van der Waals surface area contributed by atoms with Crippen LogP contribution in [0.25, 0.3) is 0 Å². The Morgan fingerprint density at radius 2 is 2.00 bits per heavy atom. The van der Waals surface area contributed by atoms with Crippen molar-refractivity contribution in [3.8, 4) is 0 Å². The highest BCUT2D eigenvalue weighted by Gasteiger charge is 2.61. The minimum absolute atomic E-state index is 0.00220. The first-order chi connectivity index (χ1) is 5.87. The maximum absolute atomic E-state index is 10.8. The van der Waals surface area contributed by atoms with Crippen LogP contribution in [-0.4, -0.2) is 11.1 Å². The molecule has 0 amide bonds. The lowest BCUT2D eigenvalue weighted by atomic mass is 10.1. The molecule has 74 valence electrons. The van der Waals surface area contributed by atoms with E-state index in [1.165, 1.54) is 5.57 Å². The van der Waals surface area contributed by atoms with E-state index in [0.717, 1.165) is 6.42 Å². The van der Waals surface area contributed by atoms with Gasteiger partial charge in [0.1, 0.15) is 0 Å². The summed E-state index contributed by atoms with van der Waals surface area (Å²) in [7, 11) is 0. The Bertz CT molecular complexity index is 247. The Kier molecular flexibility index (Phi) is 2.51. The Balaban J connectivity index is 2.56. The third-order valence-corrected chi connectivity index (χ3v) is 3.10. The second-order valence-electron chi connectivity index (χ2n) is 4.76. The molecule has 1 N–H and O–H groups in total. The molecule has 0 bridgehead atoms. The second kappa shape index (κ2) is 3.17. The van der Waals surface area contributed by atoms with Gasteiger partial charge in [0.05, 0.1) is 5.92 Å². The molecule has 1 fully saturated rings. The first-order valence-electron chi connectivity index (χ1n) is 4.73. The maximum atomic E-state index is 10.8.